The third kappa shape index (κ3) is 4.54. The Morgan fingerprint density at radius 3 is 2.00 bits per heavy atom. The van der Waals surface area contributed by atoms with Crippen LogP contribution in [0.25, 0.3) is 0 Å². The molecular formula is H2O9S. The lowest BCUT2D eigenvalue weighted by atomic mass is 14.4. The largest absolute Gasteiger partial charge is 0.457 e. The van der Waals surface area contributed by atoms with Crippen molar-refractivity contribution in [2.45, 2.75) is 0 Å². The maximum atomic E-state index is 9.94. The van der Waals surface area contributed by atoms with Gasteiger partial charge in [-0.1, -0.05) is 9.37 Å². The summed E-state index contributed by atoms with van der Waals surface area (Å²) in [6, 6.07) is 0. The Morgan fingerprint density at radius 1 is 1.00 bits per heavy atom. The van der Waals surface area contributed by atoms with E-state index in [0.29, 0.717) is 0 Å². The van der Waals surface area contributed by atoms with Crippen molar-refractivity contribution in [1.82, 2.24) is 0 Å². The van der Waals surface area contributed by atoms with E-state index in [9.17, 15) is 8.42 Å². The van der Waals surface area contributed by atoms with Gasteiger partial charge in [-0.2, -0.15) is 8.42 Å². The van der Waals surface area contributed by atoms with Crippen LogP contribution in [-0.4, -0.2) is 18.9 Å². The lowest BCUT2D eigenvalue weighted by Gasteiger charge is -1.94. The molecule has 0 aromatic heterocycles. The van der Waals surface area contributed by atoms with E-state index in [1.807, 2.05) is 0 Å². The van der Waals surface area contributed by atoms with Gasteiger partial charge in [0.2, 0.25) is 0 Å². The van der Waals surface area contributed by atoms with Crippen LogP contribution in [0.3, 0.4) is 0 Å². The first-order valence-electron chi connectivity index (χ1n) is 1.53. The number of hydrogen-bond donors (Lipinski definition) is 2. The quantitative estimate of drug-likeness (QED) is 0.403. The Morgan fingerprint density at radius 2 is 1.60 bits per heavy atom. The van der Waals surface area contributed by atoms with Gasteiger partial charge in [0.25, 0.3) is 0 Å². The highest BCUT2D eigenvalue weighted by atomic mass is 32.3. The zero-order valence-electron chi connectivity index (χ0n) is 4.16. The molecule has 10 heavy (non-hydrogen) atoms. The highest BCUT2D eigenvalue weighted by Crippen LogP contribution is 1.95. The Labute approximate surface area is 54.2 Å². The first-order chi connectivity index (χ1) is 4.62. The van der Waals surface area contributed by atoms with Crippen molar-refractivity contribution >= 4 is 10.4 Å². The first kappa shape index (κ1) is 9.67. The second-order valence-corrected chi connectivity index (χ2v) is 1.85. The fourth-order valence-electron chi connectivity index (χ4n) is 0.0951. The van der Waals surface area contributed by atoms with Crippen LogP contribution >= 0.6 is 0 Å². The molecule has 10 heteroatoms. The third-order valence-electron chi connectivity index (χ3n) is 0.255. The lowest BCUT2D eigenvalue weighted by molar-refractivity contribution is -0.598. The van der Waals surface area contributed by atoms with Crippen LogP contribution in [0.15, 0.2) is 0 Å². The zero-order valence-corrected chi connectivity index (χ0v) is 4.98. The summed E-state index contributed by atoms with van der Waals surface area (Å²) >= 11 is 0. The summed E-state index contributed by atoms with van der Waals surface area (Å²) in [5.74, 6) is 0. The molecule has 0 aliphatic carbocycles. The van der Waals surface area contributed by atoms with Crippen molar-refractivity contribution in [1.29, 1.82) is 0 Å². The topological polar surface area (TPSA) is 121 Å². The molecule has 0 bridgehead atoms. The molecule has 0 saturated heterocycles. The van der Waals surface area contributed by atoms with E-state index in [1.165, 1.54) is 0 Å². The molecule has 0 fully saturated rings. The van der Waals surface area contributed by atoms with E-state index in [0.717, 1.165) is 0 Å². The molecule has 62 valence electrons. The van der Waals surface area contributed by atoms with Gasteiger partial charge in [0.15, 0.2) is 0 Å². The van der Waals surface area contributed by atoms with Crippen LogP contribution in [0.1, 0.15) is 0 Å². The minimum atomic E-state index is -4.67. The average molecular weight is 178 g/mol. The monoisotopic (exact) mass is 178 g/mol. The van der Waals surface area contributed by atoms with Crippen LogP contribution < -0.4 is 0 Å². The van der Waals surface area contributed by atoms with Crippen LogP contribution in [0.5, 0.6) is 0 Å². The van der Waals surface area contributed by atoms with Gasteiger partial charge >= 0.3 is 10.4 Å². The summed E-state index contributed by atoms with van der Waals surface area (Å²) in [6.07, 6.45) is 0. The van der Waals surface area contributed by atoms with E-state index in [-0.39, 0.29) is 0 Å². The predicted molar refractivity (Wildman–Crippen MR) is 19.6 cm³/mol. The normalized spacial score (nSPS) is 11.8. The molecule has 2 N–H and O–H groups in total. The summed E-state index contributed by atoms with van der Waals surface area (Å²) < 4.78 is 26.0. The van der Waals surface area contributed by atoms with E-state index in [2.05, 4.69) is 23.8 Å². The van der Waals surface area contributed by atoms with Gasteiger partial charge in [0.1, 0.15) is 0 Å². The van der Waals surface area contributed by atoms with Gasteiger partial charge in [-0.25, -0.2) is 10.5 Å². The highest BCUT2D eigenvalue weighted by molar-refractivity contribution is 7.81. The standard InChI is InChI=1S/H2O9S/c1-5-7-9-10(3,4)8-6-2/h1-2H. The molecule has 0 unspecified atom stereocenters. The summed E-state index contributed by atoms with van der Waals surface area (Å²) in [6.45, 7) is 0. The molecule has 0 aliphatic rings. The minimum absolute atomic E-state index is 2.67. The first-order valence-corrected chi connectivity index (χ1v) is 2.87. The van der Waals surface area contributed by atoms with Crippen molar-refractivity contribution in [3.05, 3.63) is 0 Å². The highest BCUT2D eigenvalue weighted by Gasteiger charge is 2.15. The van der Waals surface area contributed by atoms with E-state index in [1.54, 1.807) is 0 Å². The molecular weight excluding hydrogens is 176 g/mol. The Bertz CT molecular complexity index is 152. The molecule has 0 rings (SSSR count). The van der Waals surface area contributed by atoms with Gasteiger partial charge < -0.3 is 0 Å². The SMILES string of the molecule is O=S(=O)(OOO)OOOO. The van der Waals surface area contributed by atoms with Gasteiger partial charge in [-0.3, -0.25) is 0 Å². The molecule has 0 atom stereocenters. The van der Waals surface area contributed by atoms with Crippen LogP contribution in [-0.2, 0) is 34.2 Å². The van der Waals surface area contributed by atoms with E-state index >= 15 is 0 Å². The molecule has 0 saturated carbocycles. The van der Waals surface area contributed by atoms with Gasteiger partial charge in [-0.05, 0) is 14.4 Å². The van der Waals surface area contributed by atoms with E-state index in [4.69, 9.17) is 10.5 Å². The van der Waals surface area contributed by atoms with Crippen molar-refractivity contribution < 1.29 is 42.7 Å². The van der Waals surface area contributed by atoms with Crippen molar-refractivity contribution in [3.63, 3.8) is 0 Å². The summed E-state index contributed by atoms with van der Waals surface area (Å²) in [7, 11) is -4.67. The second kappa shape index (κ2) is 4.48. The van der Waals surface area contributed by atoms with Gasteiger partial charge in [0.05, 0.1) is 0 Å². The van der Waals surface area contributed by atoms with Crippen LogP contribution in [0.2, 0.25) is 0 Å². The summed E-state index contributed by atoms with van der Waals surface area (Å²) in [5, 5.41) is 23.1. The fraction of sp³-hybridized carbons (Fsp3) is 0. The zero-order chi connectivity index (χ0) is 8.04. The smallest absolute Gasteiger partial charge is 0.220 e. The predicted octanol–water partition coefficient (Wildman–Crippen LogP) is -0.995. The summed E-state index contributed by atoms with van der Waals surface area (Å²) in [5.41, 5.74) is 0. The van der Waals surface area contributed by atoms with Crippen molar-refractivity contribution in [2.24, 2.45) is 0 Å². The maximum absolute atomic E-state index is 9.94. The lowest BCUT2D eigenvalue weighted by Crippen LogP contribution is -2.09. The number of rotatable bonds is 5. The van der Waals surface area contributed by atoms with Crippen LogP contribution in [0.4, 0.5) is 0 Å². The Balaban J connectivity index is 3.65. The second-order valence-electron chi connectivity index (χ2n) is 0.761. The third-order valence-corrected chi connectivity index (χ3v) is 0.705. The minimum Gasteiger partial charge on any atom is -0.220 e. The Hall–Kier alpha value is -0.330. The van der Waals surface area contributed by atoms with Gasteiger partial charge in [0, 0.05) is 0 Å². The molecule has 0 spiro atoms. The molecule has 0 aliphatic heterocycles. The van der Waals surface area contributed by atoms with Crippen molar-refractivity contribution in [3.8, 4) is 0 Å². The molecule has 0 heterocycles. The molecule has 9 nitrogen and oxygen atoms in total. The number of hydrogen-bond acceptors (Lipinski definition) is 9. The maximum Gasteiger partial charge on any atom is 0.457 e. The Kier molecular flexibility index (Phi) is 4.33. The van der Waals surface area contributed by atoms with E-state index < -0.39 is 10.4 Å². The molecule has 0 aromatic carbocycles. The average Bonchev–Trinajstić information content (AvgIpc) is 1.84. The van der Waals surface area contributed by atoms with Crippen LogP contribution in [0, 0.1) is 0 Å². The fourth-order valence-corrected chi connectivity index (χ4v) is 0.285. The molecule has 0 aromatic rings. The molecule has 0 radical (unpaired) electrons. The van der Waals surface area contributed by atoms with Gasteiger partial charge in [-0.15, -0.1) is 0 Å². The summed E-state index contributed by atoms with van der Waals surface area (Å²) in [4.78, 5) is 0. The molecule has 0 amide bonds. The van der Waals surface area contributed by atoms with Crippen molar-refractivity contribution in [2.75, 3.05) is 0 Å².